The van der Waals surface area contributed by atoms with E-state index in [1.165, 1.54) is 0 Å². The first-order valence-corrected chi connectivity index (χ1v) is 7.50. The zero-order valence-corrected chi connectivity index (χ0v) is 13.5. The highest BCUT2D eigenvalue weighted by molar-refractivity contribution is 6.30. The normalized spacial score (nSPS) is 10.6. The summed E-state index contributed by atoms with van der Waals surface area (Å²) < 4.78 is 16.1. The van der Waals surface area contributed by atoms with Crippen LogP contribution in [0.5, 0.6) is 11.5 Å². The SMILES string of the molecule is CCOc1ccc(-c2nc(-c3cc(Cl)ccc3OC)no2)cc1. The van der Waals surface area contributed by atoms with E-state index in [0.717, 1.165) is 11.3 Å². The highest BCUT2D eigenvalue weighted by atomic mass is 35.5. The van der Waals surface area contributed by atoms with Crippen molar-refractivity contribution in [2.45, 2.75) is 6.92 Å². The van der Waals surface area contributed by atoms with E-state index in [1.54, 1.807) is 25.3 Å². The van der Waals surface area contributed by atoms with Gasteiger partial charge in [0.15, 0.2) is 0 Å². The van der Waals surface area contributed by atoms with Crippen molar-refractivity contribution in [1.82, 2.24) is 10.1 Å². The molecule has 118 valence electrons. The summed E-state index contributed by atoms with van der Waals surface area (Å²) in [6.45, 7) is 2.56. The van der Waals surface area contributed by atoms with E-state index in [-0.39, 0.29) is 0 Å². The van der Waals surface area contributed by atoms with Crippen molar-refractivity contribution in [3.05, 3.63) is 47.5 Å². The molecule has 1 aromatic heterocycles. The summed E-state index contributed by atoms with van der Waals surface area (Å²) in [5, 5.41) is 4.59. The monoisotopic (exact) mass is 330 g/mol. The number of rotatable bonds is 5. The lowest BCUT2D eigenvalue weighted by Crippen LogP contribution is -1.91. The van der Waals surface area contributed by atoms with Gasteiger partial charge in [-0.05, 0) is 49.4 Å². The maximum Gasteiger partial charge on any atom is 0.258 e. The number of hydrogen-bond donors (Lipinski definition) is 0. The Labute approximate surface area is 138 Å². The number of ether oxygens (including phenoxy) is 2. The maximum atomic E-state index is 6.04. The van der Waals surface area contributed by atoms with Crippen LogP contribution in [-0.4, -0.2) is 23.9 Å². The Morgan fingerprint density at radius 1 is 1.13 bits per heavy atom. The van der Waals surface area contributed by atoms with Gasteiger partial charge in [0.1, 0.15) is 11.5 Å². The van der Waals surface area contributed by atoms with E-state index in [4.69, 9.17) is 25.6 Å². The van der Waals surface area contributed by atoms with Crippen molar-refractivity contribution in [1.29, 1.82) is 0 Å². The maximum absolute atomic E-state index is 6.04. The average Bonchev–Trinajstić information content (AvgIpc) is 3.06. The van der Waals surface area contributed by atoms with E-state index in [1.807, 2.05) is 31.2 Å². The van der Waals surface area contributed by atoms with Crippen LogP contribution in [0.2, 0.25) is 5.02 Å². The van der Waals surface area contributed by atoms with Gasteiger partial charge in [-0.3, -0.25) is 0 Å². The third kappa shape index (κ3) is 3.29. The number of halogens is 1. The number of nitrogens with zero attached hydrogens (tertiary/aromatic N) is 2. The van der Waals surface area contributed by atoms with Gasteiger partial charge in [-0.2, -0.15) is 4.98 Å². The van der Waals surface area contributed by atoms with E-state index in [9.17, 15) is 0 Å². The van der Waals surface area contributed by atoms with Gasteiger partial charge < -0.3 is 14.0 Å². The Bertz CT molecular complexity index is 800. The highest BCUT2D eigenvalue weighted by Gasteiger charge is 2.15. The molecular weight excluding hydrogens is 316 g/mol. The first-order chi connectivity index (χ1) is 11.2. The summed E-state index contributed by atoms with van der Waals surface area (Å²) in [6.07, 6.45) is 0. The minimum absolute atomic E-state index is 0.421. The first kappa shape index (κ1) is 15.4. The van der Waals surface area contributed by atoms with E-state index in [0.29, 0.717) is 34.7 Å². The quantitative estimate of drug-likeness (QED) is 0.691. The zero-order chi connectivity index (χ0) is 16.2. The summed E-state index contributed by atoms with van der Waals surface area (Å²) in [5.74, 6) is 2.28. The first-order valence-electron chi connectivity index (χ1n) is 7.12. The minimum Gasteiger partial charge on any atom is -0.496 e. The molecule has 3 aromatic rings. The zero-order valence-electron chi connectivity index (χ0n) is 12.7. The van der Waals surface area contributed by atoms with E-state index in [2.05, 4.69) is 10.1 Å². The molecule has 0 spiro atoms. The topological polar surface area (TPSA) is 57.4 Å². The van der Waals surface area contributed by atoms with Gasteiger partial charge in [0.2, 0.25) is 5.82 Å². The van der Waals surface area contributed by atoms with Crippen LogP contribution < -0.4 is 9.47 Å². The molecule has 0 atom stereocenters. The Morgan fingerprint density at radius 2 is 1.91 bits per heavy atom. The van der Waals surface area contributed by atoms with Crippen LogP contribution >= 0.6 is 11.6 Å². The standard InChI is InChI=1S/C17H15ClN2O3/c1-3-22-13-7-4-11(5-8-13)17-19-16(20-23-17)14-10-12(18)6-9-15(14)21-2/h4-10H,3H2,1-2H3. The van der Waals surface area contributed by atoms with Crippen molar-refractivity contribution in [3.8, 4) is 34.3 Å². The Kier molecular flexibility index (Phi) is 4.48. The molecule has 0 fully saturated rings. The molecule has 0 aliphatic carbocycles. The Morgan fingerprint density at radius 3 is 2.61 bits per heavy atom. The fourth-order valence-electron chi connectivity index (χ4n) is 2.17. The Hall–Kier alpha value is -2.53. The van der Waals surface area contributed by atoms with Gasteiger partial charge in [0.25, 0.3) is 5.89 Å². The van der Waals surface area contributed by atoms with Crippen molar-refractivity contribution >= 4 is 11.6 Å². The van der Waals surface area contributed by atoms with Crippen molar-refractivity contribution < 1.29 is 14.0 Å². The number of benzene rings is 2. The molecule has 6 heteroatoms. The molecule has 0 aliphatic heterocycles. The molecule has 0 amide bonds. The molecule has 1 heterocycles. The molecule has 5 nitrogen and oxygen atoms in total. The van der Waals surface area contributed by atoms with E-state index >= 15 is 0 Å². The van der Waals surface area contributed by atoms with Crippen LogP contribution in [0, 0.1) is 0 Å². The fraction of sp³-hybridized carbons (Fsp3) is 0.176. The van der Waals surface area contributed by atoms with Crippen molar-refractivity contribution in [2.24, 2.45) is 0 Å². The third-order valence-corrected chi connectivity index (χ3v) is 3.48. The van der Waals surface area contributed by atoms with Crippen molar-refractivity contribution in [3.63, 3.8) is 0 Å². The van der Waals surface area contributed by atoms with E-state index < -0.39 is 0 Å². The molecule has 0 N–H and O–H groups in total. The van der Waals surface area contributed by atoms with Crippen LogP contribution in [0.25, 0.3) is 22.8 Å². The predicted octanol–water partition coefficient (Wildman–Crippen LogP) is 4.46. The molecule has 2 aromatic carbocycles. The van der Waals surface area contributed by atoms with Gasteiger partial charge >= 0.3 is 0 Å². The van der Waals surface area contributed by atoms with Crippen LogP contribution in [0.4, 0.5) is 0 Å². The van der Waals surface area contributed by atoms with Crippen molar-refractivity contribution in [2.75, 3.05) is 13.7 Å². The minimum atomic E-state index is 0.421. The Balaban J connectivity index is 1.93. The molecule has 0 saturated carbocycles. The molecule has 3 rings (SSSR count). The van der Waals surface area contributed by atoms with Crippen LogP contribution in [0.3, 0.4) is 0 Å². The molecule has 0 saturated heterocycles. The van der Waals surface area contributed by atoms with Crippen LogP contribution in [0.1, 0.15) is 6.92 Å². The van der Waals surface area contributed by atoms with Gasteiger partial charge in [-0.1, -0.05) is 16.8 Å². The second-order valence-electron chi connectivity index (χ2n) is 4.73. The third-order valence-electron chi connectivity index (χ3n) is 3.24. The number of aromatic nitrogens is 2. The lowest BCUT2D eigenvalue weighted by molar-refractivity contribution is 0.340. The van der Waals surface area contributed by atoms with Gasteiger partial charge in [0.05, 0.1) is 19.3 Å². The smallest absolute Gasteiger partial charge is 0.258 e. The lowest BCUT2D eigenvalue weighted by atomic mass is 10.2. The summed E-state index contributed by atoms with van der Waals surface area (Å²) in [5.41, 5.74) is 1.49. The molecule has 0 radical (unpaired) electrons. The highest BCUT2D eigenvalue weighted by Crippen LogP contribution is 2.32. The average molecular weight is 331 g/mol. The fourth-order valence-corrected chi connectivity index (χ4v) is 2.34. The van der Waals surface area contributed by atoms with Crippen LogP contribution in [-0.2, 0) is 0 Å². The van der Waals surface area contributed by atoms with Gasteiger partial charge in [-0.25, -0.2) is 0 Å². The summed E-state index contributed by atoms with van der Waals surface area (Å²) >= 11 is 6.04. The number of hydrogen-bond acceptors (Lipinski definition) is 5. The second-order valence-corrected chi connectivity index (χ2v) is 5.16. The second kappa shape index (κ2) is 6.71. The molecular formula is C17H15ClN2O3. The predicted molar refractivity (Wildman–Crippen MR) is 87.9 cm³/mol. The molecule has 0 bridgehead atoms. The van der Waals surface area contributed by atoms with Crippen LogP contribution in [0.15, 0.2) is 47.0 Å². The summed E-state index contributed by atoms with van der Waals surface area (Å²) in [6, 6.07) is 12.7. The summed E-state index contributed by atoms with van der Waals surface area (Å²) in [7, 11) is 1.58. The largest absolute Gasteiger partial charge is 0.496 e. The van der Waals surface area contributed by atoms with Gasteiger partial charge in [-0.15, -0.1) is 0 Å². The summed E-state index contributed by atoms with van der Waals surface area (Å²) in [4.78, 5) is 4.42. The molecule has 23 heavy (non-hydrogen) atoms. The van der Waals surface area contributed by atoms with Gasteiger partial charge in [0, 0.05) is 10.6 Å². The lowest BCUT2D eigenvalue weighted by Gasteiger charge is -2.04. The molecule has 0 aliphatic rings. The molecule has 0 unspecified atom stereocenters. The number of methoxy groups -OCH3 is 1.